The molecule has 0 aromatic heterocycles. The van der Waals surface area contributed by atoms with Crippen LogP contribution in [0.1, 0.15) is 0 Å². The highest BCUT2D eigenvalue weighted by molar-refractivity contribution is 7.80. The largest absolute Gasteiger partial charge is 0.486 e. The van der Waals surface area contributed by atoms with Gasteiger partial charge in [0.2, 0.25) is 0 Å². The fourth-order valence-electron chi connectivity index (χ4n) is 1.84. The van der Waals surface area contributed by atoms with Crippen LogP contribution in [0.25, 0.3) is 0 Å². The molecule has 1 N–H and O–H groups in total. The molecule has 0 amide bonds. The summed E-state index contributed by atoms with van der Waals surface area (Å²) < 4.78 is 11.5. The van der Waals surface area contributed by atoms with Crippen LogP contribution in [0.5, 0.6) is 11.5 Å². The highest BCUT2D eigenvalue weighted by Crippen LogP contribution is 2.30. The summed E-state index contributed by atoms with van der Waals surface area (Å²) in [4.78, 5) is 1.95. The van der Waals surface area contributed by atoms with Crippen molar-refractivity contribution in [2.24, 2.45) is 0 Å². The van der Waals surface area contributed by atoms with Crippen molar-refractivity contribution in [3.8, 4) is 11.5 Å². The highest BCUT2D eigenvalue weighted by Gasteiger charge is 2.22. The van der Waals surface area contributed by atoms with Crippen LogP contribution in [0.3, 0.4) is 0 Å². The number of rotatable bonds is 4. The molecule has 0 radical (unpaired) electrons. The zero-order valence-electron chi connectivity index (χ0n) is 11.0. The zero-order valence-corrected chi connectivity index (χ0v) is 11.8. The van der Waals surface area contributed by atoms with Crippen molar-refractivity contribution in [1.29, 1.82) is 0 Å². The van der Waals surface area contributed by atoms with E-state index in [1.165, 1.54) is 0 Å². The maximum absolute atomic E-state index is 5.88. The summed E-state index contributed by atoms with van der Waals surface area (Å²) in [6, 6.07) is 7.69. The molecule has 0 saturated heterocycles. The van der Waals surface area contributed by atoms with Crippen LogP contribution >= 0.6 is 12.2 Å². The first kappa shape index (κ1) is 13.7. The Morgan fingerprint density at radius 2 is 2.26 bits per heavy atom. The molecule has 0 spiro atoms. The van der Waals surface area contributed by atoms with E-state index in [2.05, 4.69) is 11.9 Å². The monoisotopic (exact) mass is 278 g/mol. The molecule has 102 valence electrons. The molecule has 1 atom stereocenters. The maximum atomic E-state index is 5.88. The summed E-state index contributed by atoms with van der Waals surface area (Å²) in [6.07, 6.45) is 1.75. The van der Waals surface area contributed by atoms with Gasteiger partial charge < -0.3 is 19.7 Å². The Hall–Kier alpha value is -1.75. The Balaban J connectivity index is 1.88. The first-order valence-corrected chi connectivity index (χ1v) is 6.60. The van der Waals surface area contributed by atoms with Gasteiger partial charge in [-0.15, -0.1) is 6.58 Å². The number of para-hydroxylation sites is 2. The van der Waals surface area contributed by atoms with Gasteiger partial charge in [0, 0.05) is 13.6 Å². The number of benzene rings is 1. The Morgan fingerprint density at radius 1 is 1.53 bits per heavy atom. The third-order valence-corrected chi connectivity index (χ3v) is 3.25. The van der Waals surface area contributed by atoms with Gasteiger partial charge >= 0.3 is 0 Å². The number of nitrogens with one attached hydrogen (secondary N) is 1. The topological polar surface area (TPSA) is 33.7 Å². The summed E-state index contributed by atoms with van der Waals surface area (Å²) in [6.45, 7) is 5.52. The average molecular weight is 278 g/mol. The van der Waals surface area contributed by atoms with Crippen molar-refractivity contribution < 1.29 is 9.47 Å². The molecule has 5 heteroatoms. The molecule has 0 aliphatic carbocycles. The molecule has 0 bridgehead atoms. The van der Waals surface area contributed by atoms with Crippen LogP contribution in [0.4, 0.5) is 0 Å². The predicted octanol–water partition coefficient (Wildman–Crippen LogP) is 1.82. The summed E-state index contributed by atoms with van der Waals surface area (Å²) in [5.41, 5.74) is 0. The number of thiocarbonyl (C=S) groups is 1. The van der Waals surface area contributed by atoms with Gasteiger partial charge in [-0.2, -0.15) is 0 Å². The number of hydrogen-bond donors (Lipinski definition) is 1. The molecular weight excluding hydrogens is 260 g/mol. The number of fused-ring (bicyclic) bond motifs is 1. The summed E-state index contributed by atoms with van der Waals surface area (Å²) in [5, 5.41) is 3.77. The first-order chi connectivity index (χ1) is 9.20. The van der Waals surface area contributed by atoms with E-state index in [1.807, 2.05) is 36.2 Å². The van der Waals surface area contributed by atoms with E-state index in [1.54, 1.807) is 6.08 Å². The standard InChI is InChI=1S/C14H18N2O2S/c1-3-8-15-14(19)16(2)9-11-10-17-12-6-4-5-7-13(12)18-11/h3-7,11H,1,8-10H2,2H3,(H,15,19). The van der Waals surface area contributed by atoms with Gasteiger partial charge in [0.25, 0.3) is 0 Å². The highest BCUT2D eigenvalue weighted by atomic mass is 32.1. The number of ether oxygens (including phenoxy) is 2. The minimum Gasteiger partial charge on any atom is -0.486 e. The number of hydrogen-bond acceptors (Lipinski definition) is 3. The lowest BCUT2D eigenvalue weighted by molar-refractivity contribution is 0.0779. The van der Waals surface area contributed by atoms with E-state index < -0.39 is 0 Å². The minimum absolute atomic E-state index is 0.0246. The molecular formula is C14H18N2O2S. The van der Waals surface area contributed by atoms with Gasteiger partial charge in [0.1, 0.15) is 6.61 Å². The number of nitrogens with zero attached hydrogens (tertiary/aromatic N) is 1. The molecule has 1 aliphatic rings. The van der Waals surface area contributed by atoms with Crippen LogP contribution in [0.2, 0.25) is 0 Å². The van der Waals surface area contributed by atoms with Gasteiger partial charge in [-0.05, 0) is 24.4 Å². The van der Waals surface area contributed by atoms with E-state index in [9.17, 15) is 0 Å². The summed E-state index contributed by atoms with van der Waals surface area (Å²) in [5.74, 6) is 1.59. The van der Waals surface area contributed by atoms with Crippen molar-refractivity contribution >= 4 is 17.3 Å². The average Bonchev–Trinajstić information content (AvgIpc) is 2.44. The van der Waals surface area contributed by atoms with Crippen molar-refractivity contribution in [3.63, 3.8) is 0 Å². The molecule has 0 saturated carbocycles. The Kier molecular flexibility index (Phi) is 4.63. The Morgan fingerprint density at radius 3 is 3.00 bits per heavy atom. The van der Waals surface area contributed by atoms with Gasteiger partial charge in [-0.25, -0.2) is 0 Å². The molecule has 4 nitrogen and oxygen atoms in total. The molecule has 1 aromatic carbocycles. The van der Waals surface area contributed by atoms with E-state index in [0.717, 1.165) is 11.5 Å². The van der Waals surface area contributed by atoms with E-state index in [-0.39, 0.29) is 6.10 Å². The SMILES string of the molecule is C=CCNC(=S)N(C)CC1COc2ccccc2O1. The fraction of sp³-hybridized carbons (Fsp3) is 0.357. The molecule has 1 aromatic rings. The van der Waals surface area contributed by atoms with Gasteiger partial charge in [0.05, 0.1) is 6.54 Å². The molecule has 19 heavy (non-hydrogen) atoms. The van der Waals surface area contributed by atoms with Gasteiger partial charge in [-0.3, -0.25) is 0 Å². The molecule has 1 aliphatic heterocycles. The predicted molar refractivity (Wildman–Crippen MR) is 79.8 cm³/mol. The van der Waals surface area contributed by atoms with Crippen molar-refractivity contribution in [3.05, 3.63) is 36.9 Å². The third kappa shape index (κ3) is 3.61. The van der Waals surface area contributed by atoms with E-state index >= 15 is 0 Å². The second-order valence-electron chi connectivity index (χ2n) is 4.35. The van der Waals surface area contributed by atoms with Crippen LogP contribution in [0.15, 0.2) is 36.9 Å². The van der Waals surface area contributed by atoms with Crippen LogP contribution in [-0.4, -0.2) is 42.9 Å². The minimum atomic E-state index is -0.0246. The van der Waals surface area contributed by atoms with Crippen LogP contribution in [0, 0.1) is 0 Å². The molecule has 1 heterocycles. The van der Waals surface area contributed by atoms with Crippen molar-refractivity contribution in [1.82, 2.24) is 10.2 Å². The van der Waals surface area contributed by atoms with Crippen LogP contribution in [-0.2, 0) is 0 Å². The summed E-state index contributed by atoms with van der Waals surface area (Å²) in [7, 11) is 1.93. The lowest BCUT2D eigenvalue weighted by Crippen LogP contribution is -2.45. The fourth-order valence-corrected chi connectivity index (χ4v) is 1.99. The molecule has 0 fully saturated rings. The van der Waals surface area contributed by atoms with Crippen molar-refractivity contribution in [2.45, 2.75) is 6.10 Å². The van der Waals surface area contributed by atoms with Gasteiger partial charge in [0.15, 0.2) is 22.7 Å². The Labute approximate surface area is 119 Å². The van der Waals surface area contributed by atoms with E-state index in [0.29, 0.717) is 24.8 Å². The first-order valence-electron chi connectivity index (χ1n) is 6.19. The second kappa shape index (κ2) is 6.43. The Bertz CT molecular complexity index is 465. The quantitative estimate of drug-likeness (QED) is 0.671. The molecule has 1 unspecified atom stereocenters. The lowest BCUT2D eigenvalue weighted by atomic mass is 10.2. The van der Waals surface area contributed by atoms with Gasteiger partial charge in [-0.1, -0.05) is 18.2 Å². The normalized spacial score (nSPS) is 16.6. The van der Waals surface area contributed by atoms with E-state index in [4.69, 9.17) is 21.7 Å². The lowest BCUT2D eigenvalue weighted by Gasteiger charge is -2.30. The smallest absolute Gasteiger partial charge is 0.169 e. The van der Waals surface area contributed by atoms with Crippen LogP contribution < -0.4 is 14.8 Å². The zero-order chi connectivity index (χ0) is 13.7. The maximum Gasteiger partial charge on any atom is 0.169 e. The number of likely N-dealkylation sites (N-methyl/N-ethyl adjacent to an activating group) is 1. The second-order valence-corrected chi connectivity index (χ2v) is 4.74. The third-order valence-electron chi connectivity index (χ3n) is 2.79. The molecule has 2 rings (SSSR count). The summed E-state index contributed by atoms with van der Waals surface area (Å²) >= 11 is 5.26. The van der Waals surface area contributed by atoms with Crippen molar-refractivity contribution in [2.75, 3.05) is 26.7 Å².